The highest BCUT2D eigenvalue weighted by Crippen LogP contribution is 2.13. The van der Waals surface area contributed by atoms with E-state index in [1.807, 2.05) is 12.3 Å². The molecule has 0 saturated heterocycles. The number of rotatable bonds is 4. The topological polar surface area (TPSA) is 85.8 Å². The van der Waals surface area contributed by atoms with Crippen molar-refractivity contribution in [3.8, 4) is 0 Å². The van der Waals surface area contributed by atoms with Gasteiger partial charge < -0.3 is 5.11 Å². The Labute approximate surface area is 108 Å². The molecule has 0 amide bonds. The van der Waals surface area contributed by atoms with Gasteiger partial charge in [-0.15, -0.1) is 5.10 Å². The van der Waals surface area contributed by atoms with Crippen LogP contribution >= 0.6 is 0 Å². The predicted molar refractivity (Wildman–Crippen MR) is 66.7 cm³/mol. The molecule has 1 aromatic carbocycles. The van der Waals surface area contributed by atoms with Gasteiger partial charge in [0.1, 0.15) is 5.52 Å². The Morgan fingerprint density at radius 3 is 2.95 bits per heavy atom. The Balaban J connectivity index is 1.86. The second kappa shape index (κ2) is 4.52. The van der Waals surface area contributed by atoms with Crippen LogP contribution in [0.1, 0.15) is 10.4 Å². The first kappa shape index (κ1) is 11.4. The number of fused-ring (bicyclic) bond motifs is 1. The summed E-state index contributed by atoms with van der Waals surface area (Å²) in [6.07, 6.45) is 3.60. The van der Waals surface area contributed by atoms with E-state index in [1.165, 1.54) is 6.07 Å². The van der Waals surface area contributed by atoms with Gasteiger partial charge in [-0.2, -0.15) is 5.10 Å². The van der Waals surface area contributed by atoms with Crippen LogP contribution in [0.25, 0.3) is 11.0 Å². The van der Waals surface area contributed by atoms with E-state index in [0.717, 1.165) is 5.52 Å². The van der Waals surface area contributed by atoms with E-state index in [4.69, 9.17) is 5.11 Å². The summed E-state index contributed by atoms with van der Waals surface area (Å²) in [6, 6.07) is 6.66. The lowest BCUT2D eigenvalue weighted by Crippen LogP contribution is -2.09. The summed E-state index contributed by atoms with van der Waals surface area (Å²) < 4.78 is 3.54. The molecule has 0 bridgehead atoms. The van der Waals surface area contributed by atoms with Crippen molar-refractivity contribution >= 4 is 17.0 Å². The minimum atomic E-state index is -0.965. The highest BCUT2D eigenvalue weighted by molar-refractivity contribution is 5.92. The smallest absolute Gasteiger partial charge is 0.335 e. The van der Waals surface area contributed by atoms with Gasteiger partial charge in [-0.05, 0) is 24.3 Å². The molecule has 0 aliphatic carbocycles. The summed E-state index contributed by atoms with van der Waals surface area (Å²) in [6.45, 7) is 1.32. The number of benzene rings is 1. The van der Waals surface area contributed by atoms with Gasteiger partial charge >= 0.3 is 5.97 Å². The maximum Gasteiger partial charge on any atom is 0.335 e. The average molecular weight is 257 g/mol. The lowest BCUT2D eigenvalue weighted by molar-refractivity contribution is 0.0697. The van der Waals surface area contributed by atoms with E-state index in [2.05, 4.69) is 15.4 Å². The van der Waals surface area contributed by atoms with Crippen molar-refractivity contribution in [2.45, 2.75) is 13.1 Å². The molecule has 0 saturated carbocycles. The molecule has 0 radical (unpaired) electrons. The van der Waals surface area contributed by atoms with Crippen LogP contribution in [-0.2, 0) is 13.1 Å². The zero-order valence-corrected chi connectivity index (χ0v) is 9.97. The van der Waals surface area contributed by atoms with Gasteiger partial charge in [0.25, 0.3) is 0 Å². The van der Waals surface area contributed by atoms with Gasteiger partial charge in [0.2, 0.25) is 0 Å². The fourth-order valence-corrected chi connectivity index (χ4v) is 1.90. The first-order chi connectivity index (χ1) is 9.24. The SMILES string of the molecule is O=C(O)c1ccc2c(c1)nnn2CCn1cccn1. The number of aromatic carboxylic acids is 1. The molecule has 0 aliphatic heterocycles. The van der Waals surface area contributed by atoms with Crippen LogP contribution < -0.4 is 0 Å². The van der Waals surface area contributed by atoms with Crippen LogP contribution in [0.3, 0.4) is 0 Å². The van der Waals surface area contributed by atoms with Gasteiger partial charge in [-0.25, -0.2) is 9.48 Å². The molecule has 96 valence electrons. The lowest BCUT2D eigenvalue weighted by Gasteiger charge is -2.02. The van der Waals surface area contributed by atoms with Crippen molar-refractivity contribution in [2.24, 2.45) is 0 Å². The third kappa shape index (κ3) is 2.17. The van der Waals surface area contributed by atoms with Gasteiger partial charge in [0, 0.05) is 12.4 Å². The van der Waals surface area contributed by atoms with Crippen LogP contribution in [-0.4, -0.2) is 35.9 Å². The molecule has 0 aliphatic rings. The van der Waals surface area contributed by atoms with Crippen molar-refractivity contribution in [3.63, 3.8) is 0 Å². The number of nitrogens with zero attached hydrogens (tertiary/aromatic N) is 5. The molecule has 7 nitrogen and oxygen atoms in total. The summed E-state index contributed by atoms with van der Waals surface area (Å²) in [4.78, 5) is 10.9. The molecule has 7 heteroatoms. The normalized spacial score (nSPS) is 10.9. The number of hydrogen-bond acceptors (Lipinski definition) is 4. The summed E-state index contributed by atoms with van der Waals surface area (Å²) >= 11 is 0. The molecule has 2 heterocycles. The number of hydrogen-bond donors (Lipinski definition) is 1. The van der Waals surface area contributed by atoms with Crippen LogP contribution in [0, 0.1) is 0 Å². The average Bonchev–Trinajstić information content (AvgIpc) is 3.05. The molecule has 1 N–H and O–H groups in total. The molecule has 3 rings (SSSR count). The van der Waals surface area contributed by atoms with E-state index >= 15 is 0 Å². The first-order valence-corrected chi connectivity index (χ1v) is 5.78. The van der Waals surface area contributed by atoms with Crippen molar-refractivity contribution in [3.05, 3.63) is 42.2 Å². The van der Waals surface area contributed by atoms with Gasteiger partial charge in [-0.1, -0.05) is 5.21 Å². The van der Waals surface area contributed by atoms with E-state index in [0.29, 0.717) is 18.6 Å². The maximum atomic E-state index is 10.9. The molecule has 0 unspecified atom stereocenters. The van der Waals surface area contributed by atoms with Crippen LogP contribution in [0.2, 0.25) is 0 Å². The fourth-order valence-electron chi connectivity index (χ4n) is 1.90. The Morgan fingerprint density at radius 2 is 2.21 bits per heavy atom. The molecule has 0 fully saturated rings. The second-order valence-corrected chi connectivity index (χ2v) is 4.09. The maximum absolute atomic E-state index is 10.9. The summed E-state index contributed by atoms with van der Waals surface area (Å²) in [7, 11) is 0. The van der Waals surface area contributed by atoms with E-state index in [9.17, 15) is 4.79 Å². The molecule has 2 aromatic heterocycles. The number of aromatic nitrogens is 5. The summed E-state index contributed by atoms with van der Waals surface area (Å²) in [5, 5.41) is 21.0. The van der Waals surface area contributed by atoms with E-state index in [-0.39, 0.29) is 5.56 Å². The minimum Gasteiger partial charge on any atom is -0.478 e. The van der Waals surface area contributed by atoms with E-state index < -0.39 is 5.97 Å². The summed E-state index contributed by atoms with van der Waals surface area (Å²) in [5.41, 5.74) is 1.61. The predicted octanol–water partition coefficient (Wildman–Crippen LogP) is 1.03. The largest absolute Gasteiger partial charge is 0.478 e. The van der Waals surface area contributed by atoms with Gasteiger partial charge in [0.15, 0.2) is 0 Å². The minimum absolute atomic E-state index is 0.214. The molecule has 0 spiro atoms. The van der Waals surface area contributed by atoms with Crippen LogP contribution in [0.15, 0.2) is 36.7 Å². The van der Waals surface area contributed by atoms with Crippen LogP contribution in [0.5, 0.6) is 0 Å². The Bertz CT molecular complexity index is 717. The Kier molecular flexibility index (Phi) is 2.71. The molecule has 0 atom stereocenters. The quantitative estimate of drug-likeness (QED) is 0.754. The number of carbonyl (C=O) groups is 1. The molecule has 3 aromatic rings. The standard InChI is InChI=1S/C12H11N5O2/c18-12(19)9-2-3-11-10(8-9)14-15-17(11)7-6-16-5-1-4-13-16/h1-5,8H,6-7H2,(H,18,19). The van der Waals surface area contributed by atoms with Crippen molar-refractivity contribution in [1.82, 2.24) is 24.8 Å². The van der Waals surface area contributed by atoms with Gasteiger partial charge in [-0.3, -0.25) is 4.68 Å². The Hall–Kier alpha value is -2.70. The van der Waals surface area contributed by atoms with Crippen molar-refractivity contribution in [2.75, 3.05) is 0 Å². The molecular weight excluding hydrogens is 246 g/mol. The van der Waals surface area contributed by atoms with Gasteiger partial charge in [0.05, 0.1) is 24.2 Å². The van der Waals surface area contributed by atoms with Crippen molar-refractivity contribution in [1.29, 1.82) is 0 Å². The molecular formula is C12H11N5O2. The molecule has 19 heavy (non-hydrogen) atoms. The third-order valence-electron chi connectivity index (χ3n) is 2.86. The second-order valence-electron chi connectivity index (χ2n) is 4.09. The monoisotopic (exact) mass is 257 g/mol. The summed E-state index contributed by atoms with van der Waals surface area (Å²) in [5.74, 6) is -0.965. The first-order valence-electron chi connectivity index (χ1n) is 5.78. The fraction of sp³-hybridized carbons (Fsp3) is 0.167. The van der Waals surface area contributed by atoms with Crippen molar-refractivity contribution < 1.29 is 9.90 Å². The number of carboxylic acid groups (broad SMARTS) is 1. The zero-order valence-electron chi connectivity index (χ0n) is 9.97. The zero-order chi connectivity index (χ0) is 13.2. The van der Waals surface area contributed by atoms with Crippen LogP contribution in [0.4, 0.5) is 0 Å². The van der Waals surface area contributed by atoms with E-state index in [1.54, 1.807) is 27.7 Å². The Morgan fingerprint density at radius 1 is 1.32 bits per heavy atom. The lowest BCUT2D eigenvalue weighted by atomic mass is 10.2. The highest BCUT2D eigenvalue weighted by Gasteiger charge is 2.08. The number of carboxylic acids is 1. The highest BCUT2D eigenvalue weighted by atomic mass is 16.4. The third-order valence-corrected chi connectivity index (χ3v) is 2.86. The number of aryl methyl sites for hydroxylation is 2.